The number of piperidine rings is 1. The van der Waals surface area contributed by atoms with E-state index in [1.165, 1.54) is 0 Å². The maximum Gasteiger partial charge on any atom is 0.410 e. The summed E-state index contributed by atoms with van der Waals surface area (Å²) in [4.78, 5) is 30.0. The highest BCUT2D eigenvalue weighted by Crippen LogP contribution is 2.21. The number of pyridine rings is 1. The lowest BCUT2D eigenvalue weighted by atomic mass is 9.96. The summed E-state index contributed by atoms with van der Waals surface area (Å²) < 4.78 is 5.34. The first-order valence-corrected chi connectivity index (χ1v) is 8.87. The number of nitrogens with zero attached hydrogens (tertiary/aromatic N) is 2. The molecule has 0 bridgehead atoms. The molecule has 2 heterocycles. The number of anilines is 1. The number of ether oxygens (including phenoxy) is 1. The Balaban J connectivity index is 1.44. The second-order valence-electron chi connectivity index (χ2n) is 6.16. The van der Waals surface area contributed by atoms with E-state index in [4.69, 9.17) is 16.3 Å². The summed E-state index contributed by atoms with van der Waals surface area (Å²) >= 11 is 5.82. The molecule has 3 rings (SSSR count). The molecule has 1 fully saturated rings. The van der Waals surface area contributed by atoms with Gasteiger partial charge in [-0.2, -0.15) is 0 Å². The quantitative estimate of drug-likeness (QED) is 0.829. The van der Waals surface area contributed by atoms with Crippen LogP contribution in [0.2, 0.25) is 5.15 Å². The number of benzene rings is 1. The number of aromatic nitrogens is 1. The number of hydrogen-bond acceptors (Lipinski definition) is 4. The molecule has 0 atom stereocenters. The van der Waals surface area contributed by atoms with Crippen LogP contribution in [0.3, 0.4) is 0 Å². The lowest BCUT2D eigenvalue weighted by molar-refractivity contribution is -0.121. The summed E-state index contributed by atoms with van der Waals surface area (Å²) in [6.45, 7) is 1.26. The van der Waals surface area contributed by atoms with Crippen molar-refractivity contribution in [1.82, 2.24) is 9.88 Å². The van der Waals surface area contributed by atoms with Gasteiger partial charge in [0.2, 0.25) is 5.91 Å². The van der Waals surface area contributed by atoms with Crippen molar-refractivity contribution in [3.05, 3.63) is 59.4 Å². The molecule has 1 aromatic carbocycles. The molecule has 2 aromatic rings. The van der Waals surface area contributed by atoms with Gasteiger partial charge in [0, 0.05) is 30.9 Å². The first-order chi connectivity index (χ1) is 12.6. The highest BCUT2D eigenvalue weighted by molar-refractivity contribution is 6.29. The van der Waals surface area contributed by atoms with Crippen LogP contribution in [0.25, 0.3) is 0 Å². The van der Waals surface area contributed by atoms with E-state index >= 15 is 0 Å². The molecular formula is C19H20ClN3O3. The zero-order valence-electron chi connectivity index (χ0n) is 14.2. The van der Waals surface area contributed by atoms with Crippen molar-refractivity contribution in [2.45, 2.75) is 19.4 Å². The van der Waals surface area contributed by atoms with E-state index in [-0.39, 0.29) is 24.5 Å². The van der Waals surface area contributed by atoms with Gasteiger partial charge in [0.25, 0.3) is 0 Å². The molecule has 0 spiro atoms. The van der Waals surface area contributed by atoms with Gasteiger partial charge in [-0.1, -0.05) is 41.9 Å². The first-order valence-electron chi connectivity index (χ1n) is 8.50. The number of amides is 2. The fourth-order valence-electron chi connectivity index (χ4n) is 2.86. The van der Waals surface area contributed by atoms with Crippen molar-refractivity contribution in [3.8, 4) is 0 Å². The number of carbonyl (C=O) groups excluding carboxylic acids is 2. The van der Waals surface area contributed by atoms with E-state index in [2.05, 4.69) is 10.3 Å². The monoisotopic (exact) mass is 373 g/mol. The van der Waals surface area contributed by atoms with E-state index < -0.39 is 0 Å². The maximum absolute atomic E-state index is 12.4. The van der Waals surface area contributed by atoms with E-state index in [0.717, 1.165) is 5.56 Å². The number of rotatable bonds is 4. The molecule has 0 aliphatic carbocycles. The Morgan fingerprint density at radius 1 is 1.19 bits per heavy atom. The van der Waals surface area contributed by atoms with Gasteiger partial charge in [0.15, 0.2) is 0 Å². The number of halogens is 1. The minimum Gasteiger partial charge on any atom is -0.445 e. The van der Waals surface area contributed by atoms with Crippen LogP contribution in [0.5, 0.6) is 0 Å². The number of nitrogens with one attached hydrogen (secondary N) is 1. The van der Waals surface area contributed by atoms with Gasteiger partial charge >= 0.3 is 6.09 Å². The van der Waals surface area contributed by atoms with Crippen molar-refractivity contribution in [3.63, 3.8) is 0 Å². The fourth-order valence-corrected chi connectivity index (χ4v) is 3.03. The zero-order valence-corrected chi connectivity index (χ0v) is 15.0. The average molecular weight is 374 g/mol. The zero-order chi connectivity index (χ0) is 18.4. The van der Waals surface area contributed by atoms with Gasteiger partial charge in [0.05, 0.1) is 0 Å². The van der Waals surface area contributed by atoms with Gasteiger partial charge in [-0.3, -0.25) is 4.79 Å². The molecule has 0 unspecified atom stereocenters. The van der Waals surface area contributed by atoms with Crippen LogP contribution >= 0.6 is 11.6 Å². The summed E-state index contributed by atoms with van der Waals surface area (Å²) in [7, 11) is 0. The van der Waals surface area contributed by atoms with Crippen LogP contribution in [0.1, 0.15) is 18.4 Å². The molecule has 7 heteroatoms. The molecule has 1 N–H and O–H groups in total. The largest absolute Gasteiger partial charge is 0.445 e. The molecule has 26 heavy (non-hydrogen) atoms. The standard InChI is InChI=1S/C19H20ClN3O3/c20-17-12-16(6-9-21-17)22-18(24)15-7-10-23(11-8-15)19(25)26-13-14-4-2-1-3-5-14/h1-6,9,12,15H,7-8,10-11,13H2,(H,21,22,24). The Bertz CT molecular complexity index is 762. The van der Waals surface area contributed by atoms with Crippen molar-refractivity contribution < 1.29 is 14.3 Å². The van der Waals surface area contributed by atoms with Crippen LogP contribution in [-0.2, 0) is 16.1 Å². The summed E-state index contributed by atoms with van der Waals surface area (Å²) in [5.41, 5.74) is 1.57. The molecular weight excluding hydrogens is 354 g/mol. The summed E-state index contributed by atoms with van der Waals surface area (Å²) in [5.74, 6) is -0.204. The highest BCUT2D eigenvalue weighted by Gasteiger charge is 2.28. The number of likely N-dealkylation sites (tertiary alicyclic amines) is 1. The SMILES string of the molecule is O=C(Nc1ccnc(Cl)c1)C1CCN(C(=O)OCc2ccccc2)CC1. The van der Waals surface area contributed by atoms with Crippen molar-refractivity contribution in [2.24, 2.45) is 5.92 Å². The van der Waals surface area contributed by atoms with E-state index in [0.29, 0.717) is 36.8 Å². The Hall–Kier alpha value is -2.60. The van der Waals surface area contributed by atoms with Gasteiger partial charge in [0.1, 0.15) is 11.8 Å². The molecule has 1 aliphatic rings. The number of carbonyl (C=O) groups is 2. The first kappa shape index (κ1) is 18.2. The lowest BCUT2D eigenvalue weighted by Crippen LogP contribution is -2.41. The van der Waals surface area contributed by atoms with E-state index in [9.17, 15) is 9.59 Å². The van der Waals surface area contributed by atoms with Gasteiger partial charge in [-0.15, -0.1) is 0 Å². The Morgan fingerprint density at radius 3 is 2.62 bits per heavy atom. The van der Waals surface area contributed by atoms with Crippen LogP contribution in [-0.4, -0.2) is 35.0 Å². The summed E-state index contributed by atoms with van der Waals surface area (Å²) in [6.07, 6.45) is 2.41. The third kappa shape index (κ3) is 4.95. The smallest absolute Gasteiger partial charge is 0.410 e. The van der Waals surface area contributed by atoms with Crippen LogP contribution in [0.4, 0.5) is 10.5 Å². The molecule has 136 valence electrons. The molecule has 1 aromatic heterocycles. The lowest BCUT2D eigenvalue weighted by Gasteiger charge is -2.30. The summed E-state index contributed by atoms with van der Waals surface area (Å²) in [6, 6.07) is 12.9. The van der Waals surface area contributed by atoms with Crippen molar-refractivity contribution >= 4 is 29.3 Å². The molecule has 1 saturated heterocycles. The number of hydrogen-bond donors (Lipinski definition) is 1. The van der Waals surface area contributed by atoms with Crippen LogP contribution in [0.15, 0.2) is 48.7 Å². The normalized spacial score (nSPS) is 14.7. The molecule has 1 aliphatic heterocycles. The molecule has 6 nitrogen and oxygen atoms in total. The van der Waals surface area contributed by atoms with E-state index in [1.807, 2.05) is 30.3 Å². The average Bonchev–Trinajstić information content (AvgIpc) is 2.67. The third-order valence-corrected chi connectivity index (χ3v) is 4.53. The second-order valence-corrected chi connectivity index (χ2v) is 6.55. The maximum atomic E-state index is 12.4. The topological polar surface area (TPSA) is 71.5 Å². The van der Waals surface area contributed by atoms with Crippen molar-refractivity contribution in [2.75, 3.05) is 18.4 Å². The minimum absolute atomic E-state index is 0.0652. The molecule has 0 saturated carbocycles. The van der Waals surface area contributed by atoms with Gasteiger partial charge < -0.3 is 15.0 Å². The Labute approximate surface area is 157 Å². The van der Waals surface area contributed by atoms with Crippen LogP contribution < -0.4 is 5.32 Å². The van der Waals surface area contributed by atoms with Gasteiger partial charge in [-0.25, -0.2) is 9.78 Å². The second kappa shape index (κ2) is 8.67. The van der Waals surface area contributed by atoms with Gasteiger partial charge in [-0.05, 0) is 30.5 Å². The highest BCUT2D eigenvalue weighted by atomic mass is 35.5. The Morgan fingerprint density at radius 2 is 1.92 bits per heavy atom. The predicted octanol–water partition coefficient (Wildman–Crippen LogP) is 3.72. The Kier molecular flexibility index (Phi) is 6.07. The van der Waals surface area contributed by atoms with Crippen molar-refractivity contribution in [1.29, 1.82) is 0 Å². The molecule has 0 radical (unpaired) electrons. The minimum atomic E-state index is -0.339. The van der Waals surface area contributed by atoms with E-state index in [1.54, 1.807) is 23.2 Å². The molecule has 2 amide bonds. The summed E-state index contributed by atoms with van der Waals surface area (Å²) in [5, 5.41) is 3.18. The predicted molar refractivity (Wildman–Crippen MR) is 98.8 cm³/mol. The fraction of sp³-hybridized carbons (Fsp3) is 0.316. The third-order valence-electron chi connectivity index (χ3n) is 4.32. The van der Waals surface area contributed by atoms with Crippen LogP contribution in [0, 0.1) is 5.92 Å².